The van der Waals surface area contributed by atoms with E-state index >= 15 is 9.59 Å². The third-order valence-corrected chi connectivity index (χ3v) is 18.7. The van der Waals surface area contributed by atoms with E-state index in [2.05, 4.69) is 36.9 Å². The number of phenolic OH excluding ortho intramolecular Hbond substituents is 1. The number of likely N-dealkylation sites (tertiary alicyclic amines) is 1. The van der Waals surface area contributed by atoms with Crippen LogP contribution in [-0.2, 0) is 60.8 Å². The lowest BCUT2D eigenvalue weighted by Gasteiger charge is -2.43. The number of primary amides is 2. The van der Waals surface area contributed by atoms with Crippen LogP contribution in [0.3, 0.4) is 0 Å². The lowest BCUT2D eigenvalue weighted by Crippen LogP contribution is -2.61. The first-order chi connectivity index (χ1) is 38.2. The number of rotatable bonds is 19. The van der Waals surface area contributed by atoms with E-state index in [9.17, 15) is 48.6 Å². The minimum atomic E-state index is -1.76. The summed E-state index contributed by atoms with van der Waals surface area (Å²) in [6.45, 7) is 0.152. The van der Waals surface area contributed by atoms with E-state index in [1.54, 1.807) is 42.5 Å². The molecule has 0 aromatic heterocycles. The molecule has 0 bridgehead atoms. The van der Waals surface area contributed by atoms with E-state index in [0.29, 0.717) is 17.5 Å². The van der Waals surface area contributed by atoms with Gasteiger partial charge in [-0.25, -0.2) is 4.79 Å². The van der Waals surface area contributed by atoms with Gasteiger partial charge in [0.25, 0.3) is 0 Å². The molecule has 6 rings (SSSR count). The zero-order valence-corrected chi connectivity index (χ0v) is 46.4. The molecule has 4 fully saturated rings. The first kappa shape index (κ1) is 62.1. The second-order valence-electron chi connectivity index (χ2n) is 21.1. The van der Waals surface area contributed by atoms with Crippen molar-refractivity contribution >= 4 is 86.7 Å². The fourth-order valence-electron chi connectivity index (χ4n) is 11.2. The van der Waals surface area contributed by atoms with Gasteiger partial charge in [0.2, 0.25) is 53.2 Å². The Balaban J connectivity index is 1.42. The maximum Gasteiger partial charge on any atom is 0.326 e. The Bertz CT molecular complexity index is 2550. The van der Waals surface area contributed by atoms with Gasteiger partial charge in [0.1, 0.15) is 48.0 Å². The molecule has 0 spiro atoms. The number of carboxylic acid groups (broad SMARTS) is 1. The summed E-state index contributed by atoms with van der Waals surface area (Å²) in [5.74, 6) is -9.15. The van der Waals surface area contributed by atoms with Gasteiger partial charge in [0.15, 0.2) is 5.96 Å². The van der Waals surface area contributed by atoms with Crippen molar-refractivity contribution in [1.82, 2.24) is 36.8 Å². The van der Waals surface area contributed by atoms with E-state index in [1.165, 1.54) is 38.6 Å². The number of nitrogens with zero attached hydrogens (tertiary/aromatic N) is 2. The van der Waals surface area contributed by atoms with Crippen LogP contribution in [0.4, 0.5) is 0 Å². The zero-order chi connectivity index (χ0) is 57.9. The molecule has 9 amide bonds. The summed E-state index contributed by atoms with van der Waals surface area (Å²) in [6, 6.07) is 4.78. The molecule has 2 saturated heterocycles. The van der Waals surface area contributed by atoms with Crippen molar-refractivity contribution in [1.29, 1.82) is 0 Å². The summed E-state index contributed by atoms with van der Waals surface area (Å²) >= 11 is 0. The average Bonchev–Trinajstić information content (AvgIpc) is 4.36. The first-order valence-electron chi connectivity index (χ1n) is 27.3. The standard InChI is InChI=1S/C54H76N12O12S2/c55-43(68)23-22-36-46(71)64-40(28-44(56)69)49(74)65-41(51(76)66-25-9-17-42(66)50(75)62-37(52(77)78)16-8-24-59-53(57)58)30-79-80-54(33-12-4-5-13-33,34-14-6-7-15-34)29-45(70)60-38(27-32-18-20-35(67)21-19-32)47(72)63-39(48(73)61-36)26-31-10-2-1-3-11-31/h1-3,10-11,18-21,33-34,36-42,67H,4-9,12-17,22-30H2,(H2,55,68)(H2,56,69)(H,60,70)(H,61,73)(H,62,75)(H,63,72)(H,64,71)(H,65,74)(H,77,78)(H4,57,58,59)/t36-,37+,38-,39+,40+,41+,42-/m1/s1. The summed E-state index contributed by atoms with van der Waals surface area (Å²) < 4.78 is -0.763. The second kappa shape index (κ2) is 29.9. The molecule has 2 aliphatic heterocycles. The largest absolute Gasteiger partial charge is 0.508 e. The smallest absolute Gasteiger partial charge is 0.326 e. The normalized spacial score (nSPS) is 24.2. The summed E-state index contributed by atoms with van der Waals surface area (Å²) in [7, 11) is 2.69. The van der Waals surface area contributed by atoms with Crippen LogP contribution >= 0.6 is 21.6 Å². The second-order valence-corrected chi connectivity index (χ2v) is 23.8. The molecule has 2 heterocycles. The van der Waals surface area contributed by atoms with Crippen molar-refractivity contribution < 1.29 is 58.2 Å². The molecule has 436 valence electrons. The zero-order valence-electron chi connectivity index (χ0n) is 44.7. The minimum absolute atomic E-state index is 0.0183. The molecule has 80 heavy (non-hydrogen) atoms. The Morgan fingerprint density at radius 2 is 1.26 bits per heavy atom. The van der Waals surface area contributed by atoms with Gasteiger partial charge >= 0.3 is 5.97 Å². The number of benzene rings is 2. The highest BCUT2D eigenvalue weighted by molar-refractivity contribution is 8.77. The number of phenols is 1. The number of nitrogens with one attached hydrogen (secondary N) is 6. The molecular weight excluding hydrogens is 1070 g/mol. The predicted molar refractivity (Wildman–Crippen MR) is 299 cm³/mol. The fourth-order valence-corrected chi connectivity index (χ4v) is 15.1. The molecule has 2 aromatic carbocycles. The van der Waals surface area contributed by atoms with E-state index < -0.39 is 125 Å². The van der Waals surface area contributed by atoms with Crippen molar-refractivity contribution in [3.63, 3.8) is 0 Å². The topological polar surface area (TPSA) is 403 Å². The number of hydrogen-bond acceptors (Lipinski definition) is 14. The van der Waals surface area contributed by atoms with Gasteiger partial charge in [-0.2, -0.15) is 0 Å². The molecular formula is C54H76N12O12S2. The van der Waals surface area contributed by atoms with Crippen LogP contribution in [0.15, 0.2) is 59.6 Å². The van der Waals surface area contributed by atoms with Crippen LogP contribution in [0.5, 0.6) is 5.75 Å². The number of guanidine groups is 1. The van der Waals surface area contributed by atoms with Crippen LogP contribution in [-0.4, -0.2) is 146 Å². The summed E-state index contributed by atoms with van der Waals surface area (Å²) in [5, 5.41) is 36.4. The molecule has 16 N–H and O–H groups in total. The van der Waals surface area contributed by atoms with Crippen molar-refractivity contribution in [3.05, 3.63) is 65.7 Å². The van der Waals surface area contributed by atoms with E-state index in [4.69, 9.17) is 22.9 Å². The van der Waals surface area contributed by atoms with Crippen LogP contribution in [0.1, 0.15) is 114 Å². The number of aliphatic imine (C=N–C) groups is 1. The Labute approximate surface area is 472 Å². The average molecular weight is 1150 g/mol. The number of carboxylic acids is 1. The Kier molecular flexibility index (Phi) is 23.2. The van der Waals surface area contributed by atoms with Crippen molar-refractivity contribution in [2.24, 2.45) is 39.8 Å². The molecule has 24 nitrogen and oxygen atoms in total. The Hall–Kier alpha value is -7.09. The number of aliphatic carboxylic acids is 1. The minimum Gasteiger partial charge on any atom is -0.508 e. The summed E-state index contributed by atoms with van der Waals surface area (Å²) in [4.78, 5) is 145. The molecule has 2 aromatic rings. The lowest BCUT2D eigenvalue weighted by atomic mass is 9.76. The number of amides is 9. The Morgan fingerprint density at radius 3 is 1.85 bits per heavy atom. The maximum absolute atomic E-state index is 15.1. The van der Waals surface area contributed by atoms with Crippen molar-refractivity contribution in [3.8, 4) is 5.75 Å². The van der Waals surface area contributed by atoms with Crippen LogP contribution in [0.25, 0.3) is 0 Å². The van der Waals surface area contributed by atoms with E-state index in [-0.39, 0.29) is 80.9 Å². The number of carbonyl (C=O) groups excluding carboxylic acids is 9. The third-order valence-electron chi connectivity index (χ3n) is 15.3. The monoisotopic (exact) mass is 1150 g/mol. The summed E-state index contributed by atoms with van der Waals surface area (Å²) in [6.07, 6.45) is 5.68. The number of nitrogens with two attached hydrogens (primary N) is 4. The van der Waals surface area contributed by atoms with Gasteiger partial charge in [-0.1, -0.05) is 89.7 Å². The van der Waals surface area contributed by atoms with Gasteiger partial charge in [0, 0.05) is 49.3 Å². The molecule has 4 aliphatic rings. The van der Waals surface area contributed by atoms with Crippen LogP contribution in [0.2, 0.25) is 0 Å². The van der Waals surface area contributed by atoms with Gasteiger partial charge in [-0.15, -0.1) is 0 Å². The molecule has 26 heteroatoms. The SMILES string of the molecule is NC(=O)CC[C@H]1NC(=O)[C@H](Cc2ccccc2)NC(=O)[C@@H](Cc2ccc(O)cc2)NC(=O)CC(C2CCCC2)(C2CCCC2)SSC[C@@H](C(=O)N2CCC[C@@H]2C(=O)N[C@@H](CCCN=C(N)N)C(=O)O)NC(=O)[C@H](CC(N)=O)NC1=O. The van der Waals surface area contributed by atoms with E-state index in [1.807, 2.05) is 0 Å². The van der Waals surface area contributed by atoms with Crippen LogP contribution < -0.4 is 54.8 Å². The number of carbonyl (C=O) groups is 10. The Morgan fingerprint density at radius 1 is 0.700 bits per heavy atom. The molecule has 0 radical (unpaired) electrons. The van der Waals surface area contributed by atoms with Gasteiger partial charge in [-0.3, -0.25) is 48.1 Å². The lowest BCUT2D eigenvalue weighted by molar-refractivity contribution is -0.145. The first-order valence-corrected chi connectivity index (χ1v) is 29.6. The van der Waals surface area contributed by atoms with Gasteiger partial charge in [-0.05, 0) is 92.9 Å². The van der Waals surface area contributed by atoms with Crippen LogP contribution in [0, 0.1) is 11.8 Å². The van der Waals surface area contributed by atoms with Crippen molar-refractivity contribution in [2.45, 2.75) is 163 Å². The third kappa shape index (κ3) is 18.0. The molecule has 0 unspecified atom stereocenters. The molecule has 2 saturated carbocycles. The number of hydrogen-bond donors (Lipinski definition) is 12. The predicted octanol–water partition coefficient (Wildman–Crippen LogP) is 0.261. The highest BCUT2D eigenvalue weighted by Crippen LogP contribution is 2.57. The summed E-state index contributed by atoms with van der Waals surface area (Å²) in [5.41, 5.74) is 23.2. The highest BCUT2D eigenvalue weighted by atomic mass is 33.1. The van der Waals surface area contributed by atoms with Crippen molar-refractivity contribution in [2.75, 3.05) is 18.8 Å². The molecule has 2 aliphatic carbocycles. The maximum atomic E-state index is 15.1. The van der Waals surface area contributed by atoms with E-state index in [0.717, 1.165) is 51.4 Å². The fraction of sp³-hybridized carbons (Fsp3) is 0.574. The number of aromatic hydroxyl groups is 1. The highest BCUT2D eigenvalue weighted by Gasteiger charge is 2.50. The van der Waals surface area contributed by atoms with Gasteiger partial charge < -0.3 is 69.9 Å². The molecule has 7 atom stereocenters. The quantitative estimate of drug-likeness (QED) is 0.0389. The van der Waals surface area contributed by atoms with Gasteiger partial charge in [0.05, 0.1) is 6.42 Å².